The van der Waals surface area contributed by atoms with E-state index in [0.29, 0.717) is 5.92 Å². The molecule has 5 heteroatoms. The Bertz CT molecular complexity index is 347. The Balaban J connectivity index is 1.99. The van der Waals surface area contributed by atoms with Gasteiger partial charge in [0.2, 0.25) is 5.91 Å². The molecule has 5 atom stereocenters. The summed E-state index contributed by atoms with van der Waals surface area (Å²) in [5, 5.41) is 12.3. The van der Waals surface area contributed by atoms with Gasteiger partial charge in [0.15, 0.2) is 0 Å². The second-order valence-corrected chi connectivity index (χ2v) is 6.50. The smallest absolute Gasteiger partial charge is 0.308 e. The lowest BCUT2D eigenvalue weighted by Crippen LogP contribution is -2.48. The van der Waals surface area contributed by atoms with Gasteiger partial charge in [-0.2, -0.15) is 11.8 Å². The summed E-state index contributed by atoms with van der Waals surface area (Å²) < 4.78 is 0. The molecule has 0 heterocycles. The van der Waals surface area contributed by atoms with Crippen LogP contribution in [0.25, 0.3) is 0 Å². The van der Waals surface area contributed by atoms with Crippen LogP contribution in [0.1, 0.15) is 26.2 Å². The molecular weight excluding hydrogens is 250 g/mol. The van der Waals surface area contributed by atoms with E-state index in [0.717, 1.165) is 25.0 Å². The van der Waals surface area contributed by atoms with Crippen LogP contribution in [-0.2, 0) is 9.59 Å². The predicted octanol–water partition coefficient (Wildman–Crippen LogP) is 1.60. The maximum atomic E-state index is 12.0. The van der Waals surface area contributed by atoms with Crippen molar-refractivity contribution in [3.05, 3.63) is 0 Å². The second kappa shape index (κ2) is 5.51. The second-order valence-electron chi connectivity index (χ2n) is 5.59. The zero-order valence-electron chi connectivity index (χ0n) is 10.9. The summed E-state index contributed by atoms with van der Waals surface area (Å²) in [5.41, 5.74) is 0. The summed E-state index contributed by atoms with van der Waals surface area (Å²) in [6.07, 6.45) is 5.02. The lowest BCUT2D eigenvalue weighted by Gasteiger charge is -2.29. The minimum Gasteiger partial charge on any atom is -0.481 e. The van der Waals surface area contributed by atoms with Gasteiger partial charge in [-0.25, -0.2) is 0 Å². The van der Waals surface area contributed by atoms with Crippen molar-refractivity contribution in [1.29, 1.82) is 0 Å². The van der Waals surface area contributed by atoms with Gasteiger partial charge in [0, 0.05) is 17.7 Å². The van der Waals surface area contributed by atoms with Crippen LogP contribution < -0.4 is 5.32 Å². The molecule has 1 amide bonds. The number of carbonyl (C=O) groups excluding carboxylic acids is 1. The van der Waals surface area contributed by atoms with Crippen LogP contribution in [0.3, 0.4) is 0 Å². The number of thioether (sulfide) groups is 1. The third-order valence-corrected chi connectivity index (χ3v) is 5.21. The lowest BCUT2D eigenvalue weighted by molar-refractivity contribution is -0.144. The number of hydrogen-bond acceptors (Lipinski definition) is 3. The molecule has 0 aromatic heterocycles. The average Bonchev–Trinajstić information content (AvgIpc) is 2.89. The van der Waals surface area contributed by atoms with E-state index >= 15 is 0 Å². The molecule has 2 bridgehead atoms. The van der Waals surface area contributed by atoms with Gasteiger partial charge in [-0.05, 0) is 37.4 Å². The molecule has 0 aliphatic heterocycles. The van der Waals surface area contributed by atoms with E-state index < -0.39 is 5.97 Å². The van der Waals surface area contributed by atoms with Gasteiger partial charge in [0.25, 0.3) is 0 Å². The molecule has 18 heavy (non-hydrogen) atoms. The number of carboxylic acids is 1. The molecule has 0 saturated heterocycles. The Kier molecular flexibility index (Phi) is 4.20. The molecule has 0 aromatic rings. The number of rotatable bonds is 5. The number of fused-ring (bicyclic) bond motifs is 2. The first-order valence-electron chi connectivity index (χ1n) is 6.56. The Labute approximate surface area is 112 Å². The maximum absolute atomic E-state index is 12.0. The maximum Gasteiger partial charge on any atom is 0.308 e. The largest absolute Gasteiger partial charge is 0.481 e. The standard InChI is InChI=1S/C13H21NO3S/c1-7(6-18-2)12(15)14-11-9-4-3-8(5-9)10(11)13(16)17/h7-11H,3-6H2,1-2H3,(H,14,15)(H,16,17). The molecule has 2 rings (SSSR count). The summed E-state index contributed by atoms with van der Waals surface area (Å²) in [4.78, 5) is 23.3. The van der Waals surface area contributed by atoms with E-state index in [1.54, 1.807) is 11.8 Å². The fourth-order valence-electron chi connectivity index (χ4n) is 3.49. The third kappa shape index (κ3) is 2.51. The highest BCUT2D eigenvalue weighted by Gasteiger charge is 2.51. The van der Waals surface area contributed by atoms with Gasteiger partial charge in [-0.1, -0.05) is 6.92 Å². The minimum atomic E-state index is -0.745. The normalized spacial score (nSPS) is 35.4. The summed E-state index contributed by atoms with van der Waals surface area (Å²) in [6, 6.07) is -0.141. The molecule has 0 radical (unpaired) electrons. The first-order chi connectivity index (χ1) is 8.54. The van der Waals surface area contributed by atoms with Crippen LogP contribution in [0, 0.1) is 23.7 Å². The SMILES string of the molecule is CSCC(C)C(=O)NC1C2CCC(C2)C1C(=O)O. The molecule has 4 nitrogen and oxygen atoms in total. The monoisotopic (exact) mass is 271 g/mol. The highest BCUT2D eigenvalue weighted by atomic mass is 32.2. The summed E-state index contributed by atoms with van der Waals surface area (Å²) in [7, 11) is 0. The van der Waals surface area contributed by atoms with Crippen molar-refractivity contribution in [3.8, 4) is 0 Å². The van der Waals surface area contributed by atoms with Gasteiger partial charge < -0.3 is 10.4 Å². The number of aliphatic carboxylic acids is 1. The first kappa shape index (κ1) is 13.7. The number of amides is 1. The quantitative estimate of drug-likeness (QED) is 0.797. The Morgan fingerprint density at radius 3 is 2.67 bits per heavy atom. The molecule has 102 valence electrons. The van der Waals surface area contributed by atoms with Crippen molar-refractivity contribution in [1.82, 2.24) is 5.32 Å². The molecule has 2 fully saturated rings. The zero-order valence-corrected chi connectivity index (χ0v) is 11.7. The van der Waals surface area contributed by atoms with Crippen LogP contribution in [-0.4, -0.2) is 35.0 Å². The average molecular weight is 271 g/mol. The molecule has 0 aromatic carbocycles. The molecule has 2 N–H and O–H groups in total. The van der Waals surface area contributed by atoms with Crippen molar-refractivity contribution in [2.45, 2.75) is 32.2 Å². The molecule has 2 aliphatic rings. The van der Waals surface area contributed by atoms with Crippen LogP contribution in [0.2, 0.25) is 0 Å². The van der Waals surface area contributed by atoms with E-state index in [1.165, 1.54) is 0 Å². The topological polar surface area (TPSA) is 66.4 Å². The summed E-state index contributed by atoms with van der Waals surface area (Å²) in [6.45, 7) is 1.90. The van der Waals surface area contributed by atoms with Gasteiger partial charge in [-0.3, -0.25) is 9.59 Å². The van der Waals surface area contributed by atoms with Crippen LogP contribution in [0.4, 0.5) is 0 Å². The van der Waals surface area contributed by atoms with Crippen molar-refractivity contribution < 1.29 is 14.7 Å². The van der Waals surface area contributed by atoms with Crippen LogP contribution >= 0.6 is 11.8 Å². The fourth-order valence-corrected chi connectivity index (χ4v) is 4.14. The van der Waals surface area contributed by atoms with Gasteiger partial charge in [0.05, 0.1) is 5.92 Å². The fraction of sp³-hybridized carbons (Fsp3) is 0.846. The van der Waals surface area contributed by atoms with Crippen molar-refractivity contribution in [2.24, 2.45) is 23.7 Å². The third-order valence-electron chi connectivity index (χ3n) is 4.37. The molecule has 0 spiro atoms. The summed E-state index contributed by atoms with van der Waals surface area (Å²) in [5.74, 6) is 0.279. The van der Waals surface area contributed by atoms with Crippen molar-refractivity contribution >= 4 is 23.6 Å². The Morgan fingerprint density at radius 1 is 1.39 bits per heavy atom. The van der Waals surface area contributed by atoms with E-state index in [1.807, 2.05) is 13.2 Å². The van der Waals surface area contributed by atoms with Gasteiger partial charge >= 0.3 is 5.97 Å². The predicted molar refractivity (Wildman–Crippen MR) is 71.4 cm³/mol. The van der Waals surface area contributed by atoms with E-state index in [-0.39, 0.29) is 29.7 Å². The molecule has 2 aliphatic carbocycles. The van der Waals surface area contributed by atoms with Crippen LogP contribution in [0.15, 0.2) is 0 Å². The number of hydrogen-bond donors (Lipinski definition) is 2. The van der Waals surface area contributed by atoms with Gasteiger partial charge in [0.1, 0.15) is 0 Å². The number of carboxylic acid groups (broad SMARTS) is 1. The minimum absolute atomic E-state index is 0.00755. The van der Waals surface area contributed by atoms with Gasteiger partial charge in [-0.15, -0.1) is 0 Å². The zero-order chi connectivity index (χ0) is 13.3. The van der Waals surface area contributed by atoms with Crippen molar-refractivity contribution in [3.63, 3.8) is 0 Å². The lowest BCUT2D eigenvalue weighted by atomic mass is 9.84. The van der Waals surface area contributed by atoms with Crippen molar-refractivity contribution in [2.75, 3.05) is 12.0 Å². The van der Waals surface area contributed by atoms with E-state index in [9.17, 15) is 14.7 Å². The van der Waals surface area contributed by atoms with E-state index in [2.05, 4.69) is 5.32 Å². The number of nitrogens with one attached hydrogen (secondary N) is 1. The molecule has 5 unspecified atom stereocenters. The molecular formula is C13H21NO3S. The molecule has 2 saturated carbocycles. The van der Waals surface area contributed by atoms with E-state index in [4.69, 9.17) is 0 Å². The summed E-state index contributed by atoms with van der Waals surface area (Å²) >= 11 is 1.64. The Hall–Kier alpha value is -0.710. The van der Waals surface area contributed by atoms with Crippen LogP contribution in [0.5, 0.6) is 0 Å². The highest BCUT2D eigenvalue weighted by Crippen LogP contribution is 2.48. The Morgan fingerprint density at radius 2 is 2.06 bits per heavy atom. The highest BCUT2D eigenvalue weighted by molar-refractivity contribution is 7.98. The first-order valence-corrected chi connectivity index (χ1v) is 7.96. The number of carbonyl (C=O) groups is 2.